The summed E-state index contributed by atoms with van der Waals surface area (Å²) in [4.78, 5) is 12.4. The molecule has 0 atom stereocenters. The second-order valence-corrected chi connectivity index (χ2v) is 5.22. The van der Waals surface area contributed by atoms with Crippen molar-refractivity contribution in [1.29, 1.82) is 0 Å². The van der Waals surface area contributed by atoms with Crippen LogP contribution in [0.5, 0.6) is 11.5 Å². The molecule has 1 saturated heterocycles. The molecule has 1 aliphatic heterocycles. The van der Waals surface area contributed by atoms with Crippen LogP contribution in [0.1, 0.15) is 36.0 Å². The minimum atomic E-state index is 0.138. The topological polar surface area (TPSA) is 47.6 Å². The lowest BCUT2D eigenvalue weighted by molar-refractivity contribution is 0.0967. The van der Waals surface area contributed by atoms with E-state index in [-0.39, 0.29) is 5.78 Å². The largest absolute Gasteiger partial charge is 0.497 e. The number of hydrogen-bond donors (Lipinski definition) is 1. The second kappa shape index (κ2) is 7.29. The Morgan fingerprint density at radius 2 is 2.00 bits per heavy atom. The minimum absolute atomic E-state index is 0.138. The zero-order chi connectivity index (χ0) is 14.4. The highest BCUT2D eigenvalue weighted by Gasteiger charge is 2.18. The van der Waals surface area contributed by atoms with Crippen molar-refractivity contribution in [3.63, 3.8) is 0 Å². The number of rotatable bonds is 6. The van der Waals surface area contributed by atoms with E-state index in [2.05, 4.69) is 5.32 Å². The Hall–Kier alpha value is -1.55. The lowest BCUT2D eigenvalue weighted by atomic mass is 9.91. The van der Waals surface area contributed by atoms with Crippen molar-refractivity contribution >= 4 is 5.78 Å². The van der Waals surface area contributed by atoms with E-state index >= 15 is 0 Å². The Bertz CT molecular complexity index is 453. The number of Topliss-reactive ketones (excluding diaryl/α,β-unsaturated/α-hetero) is 1. The van der Waals surface area contributed by atoms with Gasteiger partial charge in [0.25, 0.3) is 0 Å². The molecule has 20 heavy (non-hydrogen) atoms. The third-order valence-electron chi connectivity index (χ3n) is 3.95. The first-order chi connectivity index (χ1) is 9.74. The Balaban J connectivity index is 2.00. The van der Waals surface area contributed by atoms with Crippen LogP contribution in [-0.2, 0) is 0 Å². The van der Waals surface area contributed by atoms with Crippen LogP contribution in [0.3, 0.4) is 0 Å². The molecule has 0 aliphatic carbocycles. The number of ketones is 1. The quantitative estimate of drug-likeness (QED) is 0.812. The number of carbonyl (C=O) groups excluding carboxylic acids is 1. The fourth-order valence-corrected chi connectivity index (χ4v) is 2.67. The van der Waals surface area contributed by atoms with Gasteiger partial charge in [-0.25, -0.2) is 0 Å². The summed E-state index contributed by atoms with van der Waals surface area (Å²) in [6.07, 6.45) is 3.88. The summed E-state index contributed by atoms with van der Waals surface area (Å²) in [6.45, 7) is 2.14. The van der Waals surface area contributed by atoms with E-state index < -0.39 is 0 Å². The molecule has 1 aliphatic rings. The zero-order valence-corrected chi connectivity index (χ0v) is 12.3. The van der Waals surface area contributed by atoms with Crippen molar-refractivity contribution in [1.82, 2.24) is 5.32 Å². The highest BCUT2D eigenvalue weighted by molar-refractivity contribution is 5.99. The van der Waals surface area contributed by atoms with E-state index in [1.165, 1.54) is 12.8 Å². The van der Waals surface area contributed by atoms with Crippen LogP contribution < -0.4 is 14.8 Å². The van der Waals surface area contributed by atoms with Crippen molar-refractivity contribution in [2.24, 2.45) is 5.92 Å². The number of benzene rings is 1. The molecule has 1 heterocycles. The zero-order valence-electron chi connectivity index (χ0n) is 12.3. The molecule has 0 amide bonds. The predicted octanol–water partition coefficient (Wildman–Crippen LogP) is 2.67. The fraction of sp³-hybridized carbons (Fsp3) is 0.562. The van der Waals surface area contributed by atoms with Gasteiger partial charge in [-0.05, 0) is 56.5 Å². The SMILES string of the molecule is COc1ccc(OC)c(C(=O)CCC2CCNCC2)c1. The summed E-state index contributed by atoms with van der Waals surface area (Å²) in [7, 11) is 3.19. The van der Waals surface area contributed by atoms with Crippen molar-refractivity contribution in [3.8, 4) is 11.5 Å². The van der Waals surface area contributed by atoms with Crippen LogP contribution in [0.15, 0.2) is 18.2 Å². The molecule has 4 heteroatoms. The molecule has 1 aromatic carbocycles. The van der Waals surface area contributed by atoms with E-state index in [1.54, 1.807) is 26.4 Å². The van der Waals surface area contributed by atoms with Gasteiger partial charge in [0, 0.05) is 6.42 Å². The number of piperidine rings is 1. The third-order valence-corrected chi connectivity index (χ3v) is 3.95. The van der Waals surface area contributed by atoms with Crippen LogP contribution in [-0.4, -0.2) is 33.1 Å². The van der Waals surface area contributed by atoms with Gasteiger partial charge >= 0.3 is 0 Å². The smallest absolute Gasteiger partial charge is 0.166 e. The monoisotopic (exact) mass is 277 g/mol. The molecule has 0 radical (unpaired) electrons. The third kappa shape index (κ3) is 3.73. The molecular weight excluding hydrogens is 254 g/mol. The lowest BCUT2D eigenvalue weighted by Crippen LogP contribution is -2.28. The van der Waals surface area contributed by atoms with Gasteiger partial charge in [0.05, 0.1) is 19.8 Å². The van der Waals surface area contributed by atoms with Crippen LogP contribution in [0.25, 0.3) is 0 Å². The van der Waals surface area contributed by atoms with E-state index in [4.69, 9.17) is 9.47 Å². The summed E-state index contributed by atoms with van der Waals surface area (Å²) in [5.41, 5.74) is 0.626. The molecule has 0 unspecified atom stereocenters. The molecule has 1 aromatic rings. The average molecular weight is 277 g/mol. The van der Waals surface area contributed by atoms with Gasteiger partial charge in [-0.15, -0.1) is 0 Å². The molecule has 0 saturated carbocycles. The van der Waals surface area contributed by atoms with E-state index in [0.29, 0.717) is 29.4 Å². The molecule has 4 nitrogen and oxygen atoms in total. The van der Waals surface area contributed by atoms with Crippen LogP contribution in [0.4, 0.5) is 0 Å². The van der Waals surface area contributed by atoms with Gasteiger partial charge in [-0.1, -0.05) is 0 Å². The summed E-state index contributed by atoms with van der Waals surface area (Å²) >= 11 is 0. The first kappa shape index (κ1) is 14.9. The lowest BCUT2D eigenvalue weighted by Gasteiger charge is -2.22. The second-order valence-electron chi connectivity index (χ2n) is 5.22. The maximum Gasteiger partial charge on any atom is 0.166 e. The molecule has 0 aromatic heterocycles. The van der Waals surface area contributed by atoms with Crippen LogP contribution in [0, 0.1) is 5.92 Å². The summed E-state index contributed by atoms with van der Waals surface area (Å²) in [6, 6.07) is 5.36. The summed E-state index contributed by atoms with van der Waals surface area (Å²) in [5, 5.41) is 3.35. The molecule has 1 fully saturated rings. The summed E-state index contributed by atoms with van der Waals surface area (Å²) in [5.74, 6) is 2.12. The van der Waals surface area contributed by atoms with Crippen LogP contribution >= 0.6 is 0 Å². The normalized spacial score (nSPS) is 15.9. The van der Waals surface area contributed by atoms with Gasteiger partial charge in [-0.2, -0.15) is 0 Å². The van der Waals surface area contributed by atoms with Crippen molar-refractivity contribution in [2.75, 3.05) is 27.3 Å². The van der Waals surface area contributed by atoms with Crippen LogP contribution in [0.2, 0.25) is 0 Å². The number of carbonyl (C=O) groups is 1. The van der Waals surface area contributed by atoms with Gasteiger partial charge in [0.15, 0.2) is 5.78 Å². The number of hydrogen-bond acceptors (Lipinski definition) is 4. The van der Waals surface area contributed by atoms with Crippen molar-refractivity contribution < 1.29 is 14.3 Å². The molecular formula is C16H23NO3. The summed E-state index contributed by atoms with van der Waals surface area (Å²) < 4.78 is 10.5. The Labute approximate surface area is 120 Å². The molecule has 0 bridgehead atoms. The van der Waals surface area contributed by atoms with Gasteiger partial charge in [-0.3, -0.25) is 4.79 Å². The number of methoxy groups -OCH3 is 2. The Kier molecular flexibility index (Phi) is 5.41. The predicted molar refractivity (Wildman–Crippen MR) is 78.7 cm³/mol. The molecule has 2 rings (SSSR count). The molecule has 0 spiro atoms. The minimum Gasteiger partial charge on any atom is -0.497 e. The van der Waals surface area contributed by atoms with Gasteiger partial charge in [0.2, 0.25) is 0 Å². The highest BCUT2D eigenvalue weighted by Crippen LogP contribution is 2.27. The average Bonchev–Trinajstić information content (AvgIpc) is 2.52. The Morgan fingerprint density at radius 3 is 2.65 bits per heavy atom. The maximum atomic E-state index is 12.4. The van der Waals surface area contributed by atoms with Crippen molar-refractivity contribution in [3.05, 3.63) is 23.8 Å². The number of ether oxygens (including phenoxy) is 2. The van der Waals surface area contributed by atoms with E-state index in [0.717, 1.165) is 19.5 Å². The first-order valence-electron chi connectivity index (χ1n) is 7.20. The first-order valence-corrected chi connectivity index (χ1v) is 7.20. The van der Waals surface area contributed by atoms with E-state index in [1.807, 2.05) is 6.07 Å². The van der Waals surface area contributed by atoms with E-state index in [9.17, 15) is 4.79 Å². The molecule has 1 N–H and O–H groups in total. The van der Waals surface area contributed by atoms with Crippen molar-refractivity contribution in [2.45, 2.75) is 25.7 Å². The number of nitrogens with one attached hydrogen (secondary N) is 1. The van der Waals surface area contributed by atoms with Gasteiger partial charge < -0.3 is 14.8 Å². The van der Waals surface area contributed by atoms with Gasteiger partial charge in [0.1, 0.15) is 11.5 Å². The fourth-order valence-electron chi connectivity index (χ4n) is 2.67. The standard InChI is InChI=1S/C16H23NO3/c1-19-13-4-6-16(20-2)14(11-13)15(18)5-3-12-7-9-17-10-8-12/h4,6,11-12,17H,3,5,7-10H2,1-2H3. The highest BCUT2D eigenvalue weighted by atomic mass is 16.5. The Morgan fingerprint density at radius 1 is 1.25 bits per heavy atom. The maximum absolute atomic E-state index is 12.4. The molecule has 110 valence electrons.